The van der Waals surface area contributed by atoms with E-state index in [4.69, 9.17) is 0 Å². The van der Waals surface area contributed by atoms with E-state index >= 15 is 0 Å². The molecule has 1 aromatic rings. The van der Waals surface area contributed by atoms with Crippen LogP contribution < -0.4 is 0 Å². The topological polar surface area (TPSA) is 49.7 Å². The van der Waals surface area contributed by atoms with Crippen LogP contribution in [0.5, 0.6) is 0 Å². The van der Waals surface area contributed by atoms with Gasteiger partial charge in [-0.2, -0.15) is 13.2 Å². The van der Waals surface area contributed by atoms with E-state index in [-0.39, 0.29) is 17.4 Å². The lowest BCUT2D eigenvalue weighted by Gasteiger charge is -2.16. The number of halogens is 3. The van der Waals surface area contributed by atoms with Crippen molar-refractivity contribution in [2.75, 3.05) is 12.9 Å². The minimum atomic E-state index is -4.42. The Kier molecular flexibility index (Phi) is 5.21. The first-order valence-corrected chi connectivity index (χ1v) is 7.99. The van der Waals surface area contributed by atoms with E-state index in [0.29, 0.717) is 0 Å². The van der Waals surface area contributed by atoms with Crippen LogP contribution >= 0.6 is 0 Å². The summed E-state index contributed by atoms with van der Waals surface area (Å²) < 4.78 is 53.9. The fourth-order valence-electron chi connectivity index (χ4n) is 1.58. The molecule has 0 saturated heterocycles. The molecule has 0 spiro atoms. The van der Waals surface area contributed by atoms with E-state index in [2.05, 4.69) is 4.36 Å². The molecule has 0 bridgehead atoms. The van der Waals surface area contributed by atoms with E-state index in [1.54, 1.807) is 0 Å². The first kappa shape index (κ1) is 17.0. The van der Waals surface area contributed by atoms with Crippen LogP contribution in [0.1, 0.15) is 19.4 Å². The Morgan fingerprint density at radius 3 is 2.10 bits per heavy atom. The van der Waals surface area contributed by atoms with Gasteiger partial charge in [0.25, 0.3) is 0 Å². The summed E-state index contributed by atoms with van der Waals surface area (Å²) in [6, 6.07) is 3.61. The Labute approximate surface area is 117 Å². The smallest absolute Gasteiger partial charge is 0.394 e. The minimum Gasteiger partial charge on any atom is -0.394 e. The predicted molar refractivity (Wildman–Crippen MR) is 71.9 cm³/mol. The van der Waals surface area contributed by atoms with Crippen molar-refractivity contribution in [3.63, 3.8) is 0 Å². The highest BCUT2D eigenvalue weighted by Gasteiger charge is 2.30. The number of nitrogens with zero attached hydrogens (tertiary/aromatic N) is 1. The number of benzene rings is 1. The van der Waals surface area contributed by atoms with Crippen molar-refractivity contribution in [3.8, 4) is 0 Å². The first-order chi connectivity index (χ1) is 9.08. The van der Waals surface area contributed by atoms with E-state index in [9.17, 15) is 22.5 Å². The molecule has 0 aromatic heterocycles. The molecule has 2 atom stereocenters. The van der Waals surface area contributed by atoms with E-state index in [1.165, 1.54) is 18.4 Å². The van der Waals surface area contributed by atoms with E-state index in [0.717, 1.165) is 12.1 Å². The van der Waals surface area contributed by atoms with Gasteiger partial charge in [-0.05, 0) is 30.2 Å². The standard InChI is InChI=1S/C13H18F3NO2S/c1-9(2)12(8-18)17-20(3,19)11-6-4-10(5-7-11)13(14,15)16/h4-7,9,12,18H,8H2,1-3H3/t12-,20-/m0/s1. The number of hydrogen-bond acceptors (Lipinski definition) is 3. The molecule has 0 aliphatic heterocycles. The van der Waals surface area contributed by atoms with Crippen LogP contribution in [0.25, 0.3) is 0 Å². The summed E-state index contributed by atoms with van der Waals surface area (Å²) in [5, 5.41) is 9.19. The highest BCUT2D eigenvalue weighted by molar-refractivity contribution is 7.93. The quantitative estimate of drug-likeness (QED) is 0.928. The van der Waals surface area contributed by atoms with Crippen LogP contribution in [0.15, 0.2) is 33.5 Å². The molecule has 0 aliphatic carbocycles. The molecule has 0 radical (unpaired) electrons. The van der Waals surface area contributed by atoms with Gasteiger partial charge in [0.2, 0.25) is 0 Å². The number of aliphatic hydroxyl groups is 1. The third kappa shape index (κ3) is 4.21. The Morgan fingerprint density at radius 1 is 1.25 bits per heavy atom. The summed E-state index contributed by atoms with van der Waals surface area (Å²) >= 11 is 0. The minimum absolute atomic E-state index is 0.00442. The SMILES string of the molecule is CC(C)[C@H](CO)N=[S@@](C)(=O)c1ccc(C(F)(F)F)cc1. The van der Waals surface area contributed by atoms with Crippen LogP contribution in [0.2, 0.25) is 0 Å². The highest BCUT2D eigenvalue weighted by atomic mass is 32.2. The van der Waals surface area contributed by atoms with Gasteiger partial charge in [-0.1, -0.05) is 13.8 Å². The van der Waals surface area contributed by atoms with Gasteiger partial charge < -0.3 is 5.11 Å². The van der Waals surface area contributed by atoms with Crippen LogP contribution in [0, 0.1) is 5.92 Å². The van der Waals surface area contributed by atoms with Crippen LogP contribution in [-0.4, -0.2) is 28.2 Å². The summed E-state index contributed by atoms with van der Waals surface area (Å²) in [7, 11) is -2.83. The highest BCUT2D eigenvalue weighted by Crippen LogP contribution is 2.30. The van der Waals surface area contributed by atoms with Crippen LogP contribution in [0.4, 0.5) is 13.2 Å². The van der Waals surface area contributed by atoms with Crippen molar-refractivity contribution in [2.45, 2.75) is 31.0 Å². The zero-order chi connectivity index (χ0) is 15.6. The first-order valence-electron chi connectivity index (χ1n) is 6.07. The lowest BCUT2D eigenvalue weighted by Crippen LogP contribution is -2.19. The second kappa shape index (κ2) is 6.13. The molecule has 1 rings (SSSR count). The van der Waals surface area contributed by atoms with Gasteiger partial charge in [0.15, 0.2) is 0 Å². The maximum absolute atomic E-state index is 12.5. The van der Waals surface area contributed by atoms with Crippen molar-refractivity contribution in [1.82, 2.24) is 0 Å². The monoisotopic (exact) mass is 309 g/mol. The summed E-state index contributed by atoms with van der Waals surface area (Å²) in [4.78, 5) is 0.226. The number of hydrogen-bond donors (Lipinski definition) is 1. The Bertz CT molecular complexity index is 558. The molecular weight excluding hydrogens is 291 g/mol. The fourth-order valence-corrected chi connectivity index (χ4v) is 3.17. The van der Waals surface area contributed by atoms with Crippen molar-refractivity contribution in [1.29, 1.82) is 0 Å². The molecule has 1 N–H and O–H groups in total. The molecule has 0 amide bonds. The van der Waals surface area contributed by atoms with Gasteiger partial charge in [0.05, 0.1) is 27.9 Å². The molecule has 0 heterocycles. The summed E-state index contributed by atoms with van der Waals surface area (Å²) in [5.74, 6) is -0.00442. The number of aliphatic hydroxyl groups excluding tert-OH is 1. The zero-order valence-electron chi connectivity index (χ0n) is 11.5. The molecule has 7 heteroatoms. The maximum Gasteiger partial charge on any atom is 0.416 e. The normalized spacial score (nSPS) is 16.8. The number of rotatable bonds is 4. The van der Waals surface area contributed by atoms with Gasteiger partial charge in [0, 0.05) is 11.2 Å². The summed E-state index contributed by atoms with van der Waals surface area (Å²) in [6.07, 6.45) is -3.06. The molecule has 0 fully saturated rings. The van der Waals surface area contributed by atoms with E-state index < -0.39 is 27.5 Å². The number of alkyl halides is 3. The molecule has 114 valence electrons. The second-order valence-corrected chi connectivity index (χ2v) is 7.21. The molecule has 1 aromatic carbocycles. The van der Waals surface area contributed by atoms with Crippen LogP contribution in [0.3, 0.4) is 0 Å². The molecule has 0 aliphatic rings. The van der Waals surface area contributed by atoms with Gasteiger partial charge in [-0.25, -0.2) is 8.57 Å². The van der Waals surface area contributed by atoms with Crippen molar-refractivity contribution >= 4 is 9.73 Å². The lowest BCUT2D eigenvalue weighted by molar-refractivity contribution is -0.137. The Morgan fingerprint density at radius 2 is 1.75 bits per heavy atom. The summed E-state index contributed by atoms with van der Waals surface area (Å²) in [6.45, 7) is 3.41. The second-order valence-electron chi connectivity index (χ2n) is 4.92. The maximum atomic E-state index is 12.5. The fraction of sp³-hybridized carbons (Fsp3) is 0.538. The van der Waals surface area contributed by atoms with E-state index in [1.807, 2.05) is 13.8 Å². The van der Waals surface area contributed by atoms with Gasteiger partial charge in [0.1, 0.15) is 0 Å². The average molecular weight is 309 g/mol. The van der Waals surface area contributed by atoms with Crippen LogP contribution in [-0.2, 0) is 15.9 Å². The predicted octanol–water partition coefficient (Wildman–Crippen LogP) is 3.18. The zero-order valence-corrected chi connectivity index (χ0v) is 12.3. The lowest BCUT2D eigenvalue weighted by atomic mass is 10.1. The Hall–Kier alpha value is -1.08. The van der Waals surface area contributed by atoms with Gasteiger partial charge >= 0.3 is 6.18 Å². The molecule has 0 saturated carbocycles. The van der Waals surface area contributed by atoms with Gasteiger partial charge in [-0.15, -0.1) is 0 Å². The Balaban J connectivity index is 3.16. The van der Waals surface area contributed by atoms with Gasteiger partial charge in [-0.3, -0.25) is 0 Å². The molecular formula is C13H18F3NO2S. The molecule has 3 nitrogen and oxygen atoms in total. The third-order valence-corrected chi connectivity index (χ3v) is 4.73. The molecule has 20 heavy (non-hydrogen) atoms. The van der Waals surface area contributed by atoms with Crippen molar-refractivity contribution in [2.24, 2.45) is 10.3 Å². The largest absolute Gasteiger partial charge is 0.416 e. The van der Waals surface area contributed by atoms with Crippen molar-refractivity contribution in [3.05, 3.63) is 29.8 Å². The third-order valence-electron chi connectivity index (χ3n) is 2.91. The summed E-state index contributed by atoms with van der Waals surface area (Å²) in [5.41, 5.74) is -0.793. The average Bonchev–Trinajstić information content (AvgIpc) is 2.35. The molecule has 0 unspecified atom stereocenters. The van der Waals surface area contributed by atoms with Crippen molar-refractivity contribution < 1.29 is 22.5 Å².